The van der Waals surface area contributed by atoms with Crippen LogP contribution in [0.2, 0.25) is 0 Å². The fourth-order valence-corrected chi connectivity index (χ4v) is 1.92. The predicted octanol–water partition coefficient (Wildman–Crippen LogP) is 3.75. The van der Waals surface area contributed by atoms with E-state index in [4.69, 9.17) is 9.15 Å². The largest absolute Gasteiger partial charge is 0.492 e. The number of nitrogens with one attached hydrogen (secondary N) is 1. The topological polar surface area (TPSA) is 34.4 Å². The molecule has 0 atom stereocenters. The lowest BCUT2D eigenvalue weighted by Crippen LogP contribution is -2.20. The first kappa shape index (κ1) is 14.7. The van der Waals surface area contributed by atoms with Gasteiger partial charge in [0.05, 0.1) is 12.8 Å². The third-order valence-electron chi connectivity index (χ3n) is 3.15. The molecule has 1 heterocycles. The predicted molar refractivity (Wildman–Crippen MR) is 81.1 cm³/mol. The van der Waals surface area contributed by atoms with Crippen molar-refractivity contribution in [3.05, 3.63) is 54.0 Å². The average molecular weight is 273 g/mol. The van der Waals surface area contributed by atoms with Gasteiger partial charge in [0, 0.05) is 6.54 Å². The van der Waals surface area contributed by atoms with Crippen LogP contribution in [0.5, 0.6) is 5.75 Å². The van der Waals surface area contributed by atoms with E-state index < -0.39 is 0 Å². The molecule has 0 aliphatic rings. The van der Waals surface area contributed by atoms with Crippen LogP contribution in [0.3, 0.4) is 0 Å². The lowest BCUT2D eigenvalue weighted by molar-refractivity contribution is 0.310. The van der Waals surface area contributed by atoms with E-state index in [2.05, 4.69) is 38.2 Å². The molecule has 0 aliphatic carbocycles. The van der Waals surface area contributed by atoms with Gasteiger partial charge in [0.2, 0.25) is 0 Å². The van der Waals surface area contributed by atoms with Crippen molar-refractivity contribution in [3.8, 4) is 5.75 Å². The zero-order chi connectivity index (χ0) is 14.4. The normalized spacial score (nSPS) is 11.6. The minimum Gasteiger partial charge on any atom is -0.492 e. The molecule has 0 radical (unpaired) electrons. The molecular weight excluding hydrogens is 250 g/mol. The van der Waals surface area contributed by atoms with E-state index in [0.717, 1.165) is 24.6 Å². The van der Waals surface area contributed by atoms with E-state index in [1.165, 1.54) is 5.56 Å². The van der Waals surface area contributed by atoms with Gasteiger partial charge < -0.3 is 14.5 Å². The molecule has 2 rings (SSSR count). The summed E-state index contributed by atoms with van der Waals surface area (Å²) < 4.78 is 10.9. The highest BCUT2D eigenvalue weighted by Gasteiger charge is 2.12. The second-order valence-electron chi connectivity index (χ2n) is 5.88. The van der Waals surface area contributed by atoms with Crippen LogP contribution >= 0.6 is 0 Å². The Morgan fingerprint density at radius 3 is 2.45 bits per heavy atom. The van der Waals surface area contributed by atoms with Crippen LogP contribution in [-0.4, -0.2) is 13.2 Å². The Morgan fingerprint density at radius 2 is 1.85 bits per heavy atom. The zero-order valence-corrected chi connectivity index (χ0v) is 12.5. The molecule has 20 heavy (non-hydrogen) atoms. The fourth-order valence-electron chi connectivity index (χ4n) is 1.92. The van der Waals surface area contributed by atoms with Gasteiger partial charge in [0.25, 0.3) is 0 Å². The third-order valence-corrected chi connectivity index (χ3v) is 3.15. The minimum atomic E-state index is 0.184. The fraction of sp³-hybridized carbons (Fsp3) is 0.412. The van der Waals surface area contributed by atoms with Gasteiger partial charge >= 0.3 is 0 Å². The molecule has 0 saturated carbocycles. The van der Waals surface area contributed by atoms with Gasteiger partial charge in [0.1, 0.15) is 18.1 Å². The van der Waals surface area contributed by atoms with E-state index in [-0.39, 0.29) is 5.41 Å². The van der Waals surface area contributed by atoms with Crippen LogP contribution in [0.4, 0.5) is 0 Å². The van der Waals surface area contributed by atoms with E-state index in [0.29, 0.717) is 6.61 Å². The highest BCUT2D eigenvalue weighted by atomic mass is 16.5. The van der Waals surface area contributed by atoms with Crippen molar-refractivity contribution in [2.45, 2.75) is 32.7 Å². The van der Waals surface area contributed by atoms with Gasteiger partial charge in [-0.05, 0) is 35.2 Å². The lowest BCUT2D eigenvalue weighted by atomic mass is 9.87. The Kier molecular flexibility index (Phi) is 4.85. The minimum absolute atomic E-state index is 0.184. The summed E-state index contributed by atoms with van der Waals surface area (Å²) >= 11 is 0. The first-order valence-corrected chi connectivity index (χ1v) is 7.02. The average Bonchev–Trinajstić information content (AvgIpc) is 2.91. The van der Waals surface area contributed by atoms with E-state index in [1.54, 1.807) is 6.26 Å². The number of rotatable bonds is 6. The highest BCUT2D eigenvalue weighted by molar-refractivity contribution is 5.31. The molecule has 0 aliphatic heterocycles. The summed E-state index contributed by atoms with van der Waals surface area (Å²) in [7, 11) is 0. The van der Waals surface area contributed by atoms with E-state index in [1.807, 2.05) is 24.3 Å². The smallest absolute Gasteiger partial charge is 0.119 e. The van der Waals surface area contributed by atoms with Crippen molar-refractivity contribution < 1.29 is 9.15 Å². The zero-order valence-electron chi connectivity index (χ0n) is 12.5. The second-order valence-corrected chi connectivity index (χ2v) is 5.88. The van der Waals surface area contributed by atoms with Gasteiger partial charge in [-0.2, -0.15) is 0 Å². The summed E-state index contributed by atoms with van der Waals surface area (Å²) in [6, 6.07) is 12.2. The maximum atomic E-state index is 5.70. The summed E-state index contributed by atoms with van der Waals surface area (Å²) in [5.41, 5.74) is 1.50. The van der Waals surface area contributed by atoms with Crippen LogP contribution in [-0.2, 0) is 12.0 Å². The molecule has 3 heteroatoms. The maximum absolute atomic E-state index is 5.70. The van der Waals surface area contributed by atoms with Crippen LogP contribution in [0.15, 0.2) is 47.1 Å². The number of benzene rings is 1. The molecule has 0 amide bonds. The summed E-state index contributed by atoms with van der Waals surface area (Å²) in [4.78, 5) is 0. The molecule has 3 nitrogen and oxygen atoms in total. The first-order chi connectivity index (χ1) is 9.55. The van der Waals surface area contributed by atoms with Crippen molar-refractivity contribution in [2.75, 3.05) is 13.2 Å². The van der Waals surface area contributed by atoms with Gasteiger partial charge in [-0.25, -0.2) is 0 Å². The Labute approximate surface area is 121 Å². The van der Waals surface area contributed by atoms with Crippen molar-refractivity contribution in [1.29, 1.82) is 0 Å². The molecule has 1 aromatic carbocycles. The summed E-state index contributed by atoms with van der Waals surface area (Å²) in [5, 5.41) is 3.27. The molecule has 0 fully saturated rings. The monoisotopic (exact) mass is 273 g/mol. The molecule has 1 N–H and O–H groups in total. The van der Waals surface area contributed by atoms with Gasteiger partial charge in [-0.3, -0.25) is 0 Å². The number of hydrogen-bond donors (Lipinski definition) is 1. The SMILES string of the molecule is CC(C)(C)c1ccc(OCCNCc2ccco2)cc1. The Bertz CT molecular complexity index is 495. The molecule has 0 saturated heterocycles. The van der Waals surface area contributed by atoms with Crippen LogP contribution in [0.25, 0.3) is 0 Å². The quantitative estimate of drug-likeness (QED) is 0.814. The second kappa shape index (κ2) is 6.62. The van der Waals surface area contributed by atoms with Crippen LogP contribution in [0.1, 0.15) is 32.1 Å². The molecule has 1 aromatic heterocycles. The summed E-state index contributed by atoms with van der Waals surface area (Å²) in [6.07, 6.45) is 1.68. The molecule has 0 unspecified atom stereocenters. The molecule has 108 valence electrons. The van der Waals surface area contributed by atoms with E-state index in [9.17, 15) is 0 Å². The lowest BCUT2D eigenvalue weighted by Gasteiger charge is -2.19. The van der Waals surface area contributed by atoms with E-state index >= 15 is 0 Å². The number of furan rings is 1. The maximum Gasteiger partial charge on any atom is 0.119 e. The number of hydrogen-bond acceptors (Lipinski definition) is 3. The van der Waals surface area contributed by atoms with Crippen molar-refractivity contribution in [1.82, 2.24) is 5.32 Å². The molecule has 0 bridgehead atoms. The van der Waals surface area contributed by atoms with Crippen molar-refractivity contribution in [2.24, 2.45) is 0 Å². The van der Waals surface area contributed by atoms with Crippen molar-refractivity contribution in [3.63, 3.8) is 0 Å². The number of ether oxygens (including phenoxy) is 1. The van der Waals surface area contributed by atoms with Gasteiger partial charge in [0.15, 0.2) is 0 Å². The first-order valence-electron chi connectivity index (χ1n) is 7.02. The Morgan fingerprint density at radius 1 is 1.10 bits per heavy atom. The third kappa shape index (κ3) is 4.42. The summed E-state index contributed by atoms with van der Waals surface area (Å²) in [6.45, 7) is 8.81. The molecule has 0 spiro atoms. The standard InChI is InChI=1S/C17H23NO2/c1-17(2,3)14-6-8-15(9-7-14)20-12-10-18-13-16-5-4-11-19-16/h4-9,11,18H,10,12-13H2,1-3H3. The molecular formula is C17H23NO2. The molecule has 2 aromatic rings. The van der Waals surface area contributed by atoms with Gasteiger partial charge in [-0.15, -0.1) is 0 Å². The highest BCUT2D eigenvalue weighted by Crippen LogP contribution is 2.24. The van der Waals surface area contributed by atoms with Crippen LogP contribution in [0, 0.1) is 0 Å². The summed E-state index contributed by atoms with van der Waals surface area (Å²) in [5.74, 6) is 1.86. The van der Waals surface area contributed by atoms with Gasteiger partial charge in [-0.1, -0.05) is 32.9 Å². The van der Waals surface area contributed by atoms with Crippen LogP contribution < -0.4 is 10.1 Å². The van der Waals surface area contributed by atoms with Crippen molar-refractivity contribution >= 4 is 0 Å². The Hall–Kier alpha value is -1.74. The Balaban J connectivity index is 1.69.